The molecule has 1 aliphatic rings. The molecule has 2 aromatic rings. The normalized spacial score (nSPS) is 15.6. The Balaban J connectivity index is 1.74. The van der Waals surface area contributed by atoms with Crippen LogP contribution in [0.2, 0.25) is 0 Å². The van der Waals surface area contributed by atoms with Crippen molar-refractivity contribution in [3.63, 3.8) is 0 Å². The molecule has 1 atom stereocenters. The maximum Gasteiger partial charge on any atom is 0.274 e. The summed E-state index contributed by atoms with van der Waals surface area (Å²) in [7, 11) is 0. The summed E-state index contributed by atoms with van der Waals surface area (Å²) in [5, 5.41) is 13.7. The third kappa shape index (κ3) is 3.15. The first-order valence-corrected chi connectivity index (χ1v) is 7.55. The zero-order chi connectivity index (χ0) is 17.1. The molecule has 124 valence electrons. The number of aryl methyl sites for hydroxylation is 1. The molecular weight excluding hydrogens is 312 g/mol. The van der Waals surface area contributed by atoms with Gasteiger partial charge in [-0.25, -0.2) is 0 Å². The van der Waals surface area contributed by atoms with Gasteiger partial charge in [-0.1, -0.05) is 25.1 Å². The van der Waals surface area contributed by atoms with Crippen LogP contribution in [0.1, 0.15) is 12.5 Å². The number of nitro groups is 1. The molecule has 0 saturated carbocycles. The van der Waals surface area contributed by atoms with Gasteiger partial charge in [0.2, 0.25) is 6.10 Å². The van der Waals surface area contributed by atoms with Crippen LogP contribution < -0.4 is 14.8 Å². The molecule has 1 N–H and O–H groups in total. The van der Waals surface area contributed by atoms with Gasteiger partial charge in [0.25, 0.3) is 11.6 Å². The van der Waals surface area contributed by atoms with Crippen molar-refractivity contribution >= 4 is 17.3 Å². The SMILES string of the molecule is CCc1ccc(NC(=O)C2COc3ccccc3O2)cc1[N+](=O)[O-]. The van der Waals surface area contributed by atoms with E-state index in [1.54, 1.807) is 30.3 Å². The van der Waals surface area contributed by atoms with Crippen molar-refractivity contribution < 1.29 is 19.2 Å². The Labute approximate surface area is 138 Å². The standard InChI is InChI=1S/C17H16N2O5/c1-2-11-7-8-12(9-13(11)19(21)22)18-17(20)16-10-23-14-5-3-4-6-15(14)24-16/h3-9,16H,2,10H2,1H3,(H,18,20). The second-order valence-electron chi connectivity index (χ2n) is 5.31. The van der Waals surface area contributed by atoms with Crippen LogP contribution in [-0.4, -0.2) is 23.5 Å². The van der Waals surface area contributed by atoms with Gasteiger partial charge in [0.05, 0.1) is 4.92 Å². The second-order valence-corrected chi connectivity index (χ2v) is 5.31. The number of amides is 1. The van der Waals surface area contributed by atoms with Crippen LogP contribution in [0, 0.1) is 10.1 Å². The van der Waals surface area contributed by atoms with Gasteiger partial charge in [-0.2, -0.15) is 0 Å². The van der Waals surface area contributed by atoms with E-state index in [0.717, 1.165) is 0 Å². The Morgan fingerprint density at radius 1 is 1.29 bits per heavy atom. The fourth-order valence-electron chi connectivity index (χ4n) is 2.48. The summed E-state index contributed by atoms with van der Waals surface area (Å²) >= 11 is 0. The molecule has 0 bridgehead atoms. The zero-order valence-electron chi connectivity index (χ0n) is 13.0. The smallest absolute Gasteiger partial charge is 0.274 e. The van der Waals surface area contributed by atoms with Crippen LogP contribution >= 0.6 is 0 Å². The van der Waals surface area contributed by atoms with Crippen LogP contribution in [0.15, 0.2) is 42.5 Å². The molecule has 1 aliphatic heterocycles. The number of para-hydroxylation sites is 2. The topological polar surface area (TPSA) is 90.7 Å². The highest BCUT2D eigenvalue weighted by atomic mass is 16.6. The van der Waals surface area contributed by atoms with E-state index >= 15 is 0 Å². The molecule has 0 fully saturated rings. The van der Waals surface area contributed by atoms with E-state index in [4.69, 9.17) is 9.47 Å². The summed E-state index contributed by atoms with van der Waals surface area (Å²) in [6.45, 7) is 1.92. The largest absolute Gasteiger partial charge is 0.485 e. The average Bonchev–Trinajstić information content (AvgIpc) is 2.61. The maximum absolute atomic E-state index is 12.3. The lowest BCUT2D eigenvalue weighted by Gasteiger charge is -2.25. The molecular formula is C17H16N2O5. The summed E-state index contributed by atoms with van der Waals surface area (Å²) in [5.41, 5.74) is 0.956. The summed E-state index contributed by atoms with van der Waals surface area (Å²) in [4.78, 5) is 23.0. The Morgan fingerprint density at radius 3 is 2.75 bits per heavy atom. The number of benzene rings is 2. The number of carbonyl (C=O) groups is 1. The number of nitrogens with one attached hydrogen (secondary N) is 1. The molecule has 7 heteroatoms. The maximum atomic E-state index is 12.3. The molecule has 1 unspecified atom stereocenters. The van der Waals surface area contributed by atoms with Crippen molar-refractivity contribution in [3.05, 3.63) is 58.1 Å². The highest BCUT2D eigenvalue weighted by molar-refractivity contribution is 5.95. The minimum atomic E-state index is -0.815. The highest BCUT2D eigenvalue weighted by Crippen LogP contribution is 2.31. The predicted octanol–water partition coefficient (Wildman–Crippen LogP) is 2.94. The van der Waals surface area contributed by atoms with Crippen molar-refractivity contribution in [3.8, 4) is 11.5 Å². The third-order valence-corrected chi connectivity index (χ3v) is 3.73. The molecule has 0 radical (unpaired) electrons. The van der Waals surface area contributed by atoms with E-state index in [2.05, 4.69) is 5.32 Å². The first-order chi connectivity index (χ1) is 11.6. The first-order valence-electron chi connectivity index (χ1n) is 7.55. The molecule has 1 amide bonds. The summed E-state index contributed by atoms with van der Waals surface area (Å²) < 4.78 is 11.1. The lowest BCUT2D eigenvalue weighted by atomic mass is 10.1. The lowest BCUT2D eigenvalue weighted by Crippen LogP contribution is -2.40. The van der Waals surface area contributed by atoms with Gasteiger partial charge >= 0.3 is 0 Å². The quantitative estimate of drug-likeness (QED) is 0.688. The van der Waals surface area contributed by atoms with E-state index in [0.29, 0.717) is 29.2 Å². The number of nitro benzene ring substituents is 1. The van der Waals surface area contributed by atoms with Gasteiger partial charge in [-0.15, -0.1) is 0 Å². The average molecular weight is 328 g/mol. The van der Waals surface area contributed by atoms with Crippen molar-refractivity contribution in [1.82, 2.24) is 0 Å². The Kier molecular flexibility index (Phi) is 4.33. The fraction of sp³-hybridized carbons (Fsp3) is 0.235. The molecule has 1 heterocycles. The summed E-state index contributed by atoms with van der Waals surface area (Å²) in [5.74, 6) is 0.670. The number of ether oxygens (including phenoxy) is 2. The van der Waals surface area contributed by atoms with E-state index < -0.39 is 16.9 Å². The van der Waals surface area contributed by atoms with Gasteiger partial charge < -0.3 is 14.8 Å². The second kappa shape index (κ2) is 6.57. The minimum absolute atomic E-state index is 0.0125. The minimum Gasteiger partial charge on any atom is -0.485 e. The number of rotatable bonds is 4. The van der Waals surface area contributed by atoms with Gasteiger partial charge in [0.1, 0.15) is 6.61 Å². The van der Waals surface area contributed by atoms with Crippen molar-refractivity contribution in [2.45, 2.75) is 19.4 Å². The number of hydrogen-bond donors (Lipinski definition) is 1. The summed E-state index contributed by atoms with van der Waals surface area (Å²) in [6.07, 6.45) is -0.272. The summed E-state index contributed by atoms with van der Waals surface area (Å²) in [6, 6.07) is 11.7. The molecule has 0 spiro atoms. The van der Waals surface area contributed by atoms with Gasteiger partial charge in [0, 0.05) is 17.3 Å². The monoisotopic (exact) mass is 328 g/mol. The van der Waals surface area contributed by atoms with E-state index in [1.165, 1.54) is 6.07 Å². The molecule has 7 nitrogen and oxygen atoms in total. The molecule has 3 rings (SSSR count). The van der Waals surface area contributed by atoms with E-state index in [1.807, 2.05) is 13.0 Å². The Morgan fingerprint density at radius 2 is 2.04 bits per heavy atom. The fourth-order valence-corrected chi connectivity index (χ4v) is 2.48. The van der Waals surface area contributed by atoms with Gasteiger partial charge in [0.15, 0.2) is 11.5 Å². The first kappa shape index (κ1) is 15.8. The third-order valence-electron chi connectivity index (χ3n) is 3.73. The highest BCUT2D eigenvalue weighted by Gasteiger charge is 2.27. The van der Waals surface area contributed by atoms with Crippen LogP contribution in [-0.2, 0) is 11.2 Å². The van der Waals surface area contributed by atoms with Crippen LogP contribution in [0.4, 0.5) is 11.4 Å². The lowest BCUT2D eigenvalue weighted by molar-refractivity contribution is -0.385. The molecule has 2 aromatic carbocycles. The van der Waals surface area contributed by atoms with Crippen LogP contribution in [0.25, 0.3) is 0 Å². The zero-order valence-corrected chi connectivity index (χ0v) is 13.0. The number of hydrogen-bond acceptors (Lipinski definition) is 5. The van der Waals surface area contributed by atoms with Crippen molar-refractivity contribution in [1.29, 1.82) is 0 Å². The molecule has 24 heavy (non-hydrogen) atoms. The molecule has 0 saturated heterocycles. The Hall–Kier alpha value is -3.09. The number of anilines is 1. The van der Waals surface area contributed by atoms with Crippen LogP contribution in [0.5, 0.6) is 11.5 Å². The Bertz CT molecular complexity index is 790. The van der Waals surface area contributed by atoms with E-state index in [-0.39, 0.29) is 12.3 Å². The number of carbonyl (C=O) groups excluding carboxylic acids is 1. The predicted molar refractivity (Wildman–Crippen MR) is 87.5 cm³/mol. The van der Waals surface area contributed by atoms with Crippen molar-refractivity contribution in [2.24, 2.45) is 0 Å². The van der Waals surface area contributed by atoms with Gasteiger partial charge in [-0.05, 0) is 24.6 Å². The van der Waals surface area contributed by atoms with E-state index in [9.17, 15) is 14.9 Å². The molecule has 0 aliphatic carbocycles. The van der Waals surface area contributed by atoms with Gasteiger partial charge in [-0.3, -0.25) is 14.9 Å². The number of fused-ring (bicyclic) bond motifs is 1. The van der Waals surface area contributed by atoms with Crippen molar-refractivity contribution in [2.75, 3.05) is 11.9 Å². The molecule has 0 aromatic heterocycles. The number of nitrogens with zero attached hydrogens (tertiary/aromatic N) is 1. The van der Waals surface area contributed by atoms with Crippen LogP contribution in [0.3, 0.4) is 0 Å².